The zero-order valence-electron chi connectivity index (χ0n) is 8.03. The molecule has 0 aromatic rings. The first kappa shape index (κ1) is 9.00. The first-order chi connectivity index (χ1) is 6.95. The van der Waals surface area contributed by atoms with E-state index in [0.29, 0.717) is 0 Å². The Kier molecular flexibility index (Phi) is 2.39. The zero-order chi connectivity index (χ0) is 9.38. The smallest absolute Gasteiger partial charge is 0.00826 e. The molecule has 0 aromatic carbocycles. The fourth-order valence-corrected chi connectivity index (χ4v) is 2.16. The number of rotatable bonds is 2. The maximum absolute atomic E-state index is 2.21. The van der Waals surface area contributed by atoms with Gasteiger partial charge in [0.2, 0.25) is 0 Å². The van der Waals surface area contributed by atoms with Gasteiger partial charge in [-0.25, -0.2) is 0 Å². The third-order valence-electron chi connectivity index (χ3n) is 3.01. The minimum absolute atomic E-state index is 1.24. The Balaban J connectivity index is 1.74. The van der Waals surface area contributed by atoms with E-state index in [0.717, 1.165) is 0 Å². The number of allylic oxidation sites excluding steroid dienone is 2. The predicted octanol–water partition coefficient (Wildman–Crippen LogP) is 2.89. The van der Waals surface area contributed by atoms with E-state index in [9.17, 15) is 0 Å². The molecule has 0 N–H and O–H groups in total. The lowest BCUT2D eigenvalue weighted by molar-refractivity contribution is 0.780. The highest BCUT2D eigenvalue weighted by Crippen LogP contribution is 2.47. The van der Waals surface area contributed by atoms with E-state index >= 15 is 0 Å². The number of hydrogen-bond donors (Lipinski definition) is 0. The highest BCUT2D eigenvalue weighted by Gasteiger charge is 2.33. The van der Waals surface area contributed by atoms with E-state index in [1.165, 1.54) is 24.7 Å². The van der Waals surface area contributed by atoms with Crippen LogP contribution in [0.15, 0.2) is 11.1 Å². The fraction of sp³-hybridized carbons (Fsp3) is 0.143. The van der Waals surface area contributed by atoms with Gasteiger partial charge in [0.05, 0.1) is 0 Å². The largest absolute Gasteiger partial charge is 0.0624 e. The minimum atomic E-state index is 1.24. The van der Waals surface area contributed by atoms with Gasteiger partial charge in [0.25, 0.3) is 0 Å². The van der Waals surface area contributed by atoms with Crippen molar-refractivity contribution in [2.45, 2.75) is 12.8 Å². The quantitative estimate of drug-likeness (QED) is 0.613. The third-order valence-corrected chi connectivity index (χ3v) is 3.01. The summed E-state index contributed by atoms with van der Waals surface area (Å²) < 4.78 is 0. The van der Waals surface area contributed by atoms with E-state index in [4.69, 9.17) is 0 Å². The van der Waals surface area contributed by atoms with Crippen molar-refractivity contribution < 1.29 is 0 Å². The van der Waals surface area contributed by atoms with Gasteiger partial charge < -0.3 is 0 Å². The first-order valence-corrected chi connectivity index (χ1v) is 5.11. The SMILES string of the molecule is [CH]1[CH][CH][C](C2=C([C]3[CH][CH][CH][CH]3)CC2)[CH]1. The standard InChI is InChI=1S/C14H12/c1-2-6-11(5-1)13-9-10-14(13)12-7-3-4-8-12/h1-8H,9-10H2. The minimum Gasteiger partial charge on any atom is -0.0624 e. The zero-order valence-corrected chi connectivity index (χ0v) is 8.03. The van der Waals surface area contributed by atoms with Crippen molar-refractivity contribution in [1.82, 2.24) is 0 Å². The molecule has 0 heterocycles. The molecule has 3 aliphatic carbocycles. The van der Waals surface area contributed by atoms with Crippen molar-refractivity contribution in [3.8, 4) is 0 Å². The second-order valence-corrected chi connectivity index (χ2v) is 3.80. The molecule has 0 atom stereocenters. The van der Waals surface area contributed by atoms with Gasteiger partial charge in [0, 0.05) is 11.8 Å². The Morgan fingerprint density at radius 3 is 1.21 bits per heavy atom. The Labute approximate surface area is 87.8 Å². The lowest BCUT2D eigenvalue weighted by Crippen LogP contribution is -2.15. The molecule has 10 radical (unpaired) electrons. The Bertz CT molecular complexity index is 211. The van der Waals surface area contributed by atoms with Crippen LogP contribution in [0.1, 0.15) is 12.8 Å². The number of hydrogen-bond acceptors (Lipinski definition) is 0. The maximum atomic E-state index is 2.21. The van der Waals surface area contributed by atoms with Crippen molar-refractivity contribution >= 4 is 0 Å². The lowest BCUT2D eigenvalue weighted by Gasteiger charge is -2.31. The molecule has 14 heavy (non-hydrogen) atoms. The van der Waals surface area contributed by atoms with Gasteiger partial charge >= 0.3 is 0 Å². The molecule has 0 unspecified atom stereocenters. The second-order valence-electron chi connectivity index (χ2n) is 3.80. The lowest BCUT2D eigenvalue weighted by atomic mass is 9.73. The summed E-state index contributed by atoms with van der Waals surface area (Å²) in [6.07, 6.45) is 19.8. The molecule has 3 rings (SSSR count). The Hall–Kier alpha value is -0.260. The van der Waals surface area contributed by atoms with Gasteiger partial charge in [0.15, 0.2) is 0 Å². The molecule has 0 heteroatoms. The van der Waals surface area contributed by atoms with Crippen LogP contribution < -0.4 is 0 Å². The van der Waals surface area contributed by atoms with Crippen molar-refractivity contribution in [2.24, 2.45) is 0 Å². The van der Waals surface area contributed by atoms with E-state index in [1.54, 1.807) is 11.1 Å². The second kappa shape index (κ2) is 3.72. The average molecular weight is 180 g/mol. The van der Waals surface area contributed by atoms with Crippen LogP contribution in [-0.2, 0) is 0 Å². The third kappa shape index (κ3) is 1.43. The topological polar surface area (TPSA) is 0 Å². The normalized spacial score (nSPS) is 30.0. The van der Waals surface area contributed by atoms with Crippen molar-refractivity contribution in [1.29, 1.82) is 0 Å². The summed E-state index contributed by atoms with van der Waals surface area (Å²) >= 11 is 0. The summed E-state index contributed by atoms with van der Waals surface area (Å²) in [7, 11) is 0. The summed E-state index contributed by atoms with van der Waals surface area (Å²) in [5.41, 5.74) is 3.09. The van der Waals surface area contributed by atoms with Gasteiger partial charge in [-0.15, -0.1) is 0 Å². The van der Waals surface area contributed by atoms with Crippen LogP contribution in [-0.4, -0.2) is 0 Å². The monoisotopic (exact) mass is 180 g/mol. The summed E-state index contributed by atoms with van der Waals surface area (Å²) in [6.45, 7) is 0. The molecule has 2 fully saturated rings. The van der Waals surface area contributed by atoms with Crippen LogP contribution in [0.4, 0.5) is 0 Å². The molecule has 3 aliphatic rings. The molecule has 0 nitrogen and oxygen atoms in total. The maximum Gasteiger partial charge on any atom is 0.00826 e. The van der Waals surface area contributed by atoms with E-state index in [1.807, 2.05) is 0 Å². The van der Waals surface area contributed by atoms with Gasteiger partial charge in [-0.3, -0.25) is 0 Å². The van der Waals surface area contributed by atoms with Crippen LogP contribution in [0.5, 0.6) is 0 Å². The average Bonchev–Trinajstić information content (AvgIpc) is 2.73. The van der Waals surface area contributed by atoms with Crippen LogP contribution in [0.25, 0.3) is 0 Å². The molecule has 68 valence electrons. The van der Waals surface area contributed by atoms with Gasteiger partial charge in [-0.2, -0.15) is 0 Å². The van der Waals surface area contributed by atoms with Gasteiger partial charge in [-0.1, -0.05) is 11.1 Å². The van der Waals surface area contributed by atoms with E-state index < -0.39 is 0 Å². The van der Waals surface area contributed by atoms with Crippen molar-refractivity contribution in [2.75, 3.05) is 0 Å². The molecular formula is C14H12. The molecule has 0 bridgehead atoms. The van der Waals surface area contributed by atoms with Crippen molar-refractivity contribution in [3.63, 3.8) is 0 Å². The molecule has 0 amide bonds. The first-order valence-electron chi connectivity index (χ1n) is 5.11. The van der Waals surface area contributed by atoms with E-state index in [2.05, 4.69) is 51.4 Å². The summed E-state index contributed by atoms with van der Waals surface area (Å²) in [4.78, 5) is 0. The molecule has 0 spiro atoms. The fourth-order valence-electron chi connectivity index (χ4n) is 2.16. The highest BCUT2D eigenvalue weighted by atomic mass is 14.4. The molecular weight excluding hydrogens is 168 g/mol. The molecule has 0 saturated heterocycles. The Morgan fingerprint density at radius 2 is 0.929 bits per heavy atom. The van der Waals surface area contributed by atoms with E-state index in [-0.39, 0.29) is 0 Å². The van der Waals surface area contributed by atoms with Crippen LogP contribution in [0, 0.1) is 63.2 Å². The molecule has 0 aromatic heterocycles. The highest BCUT2D eigenvalue weighted by molar-refractivity contribution is 5.60. The van der Waals surface area contributed by atoms with Crippen LogP contribution in [0.3, 0.4) is 0 Å². The van der Waals surface area contributed by atoms with Gasteiger partial charge in [0.1, 0.15) is 0 Å². The Morgan fingerprint density at radius 1 is 0.571 bits per heavy atom. The molecule has 0 aliphatic heterocycles. The van der Waals surface area contributed by atoms with Gasteiger partial charge in [-0.05, 0) is 64.2 Å². The summed E-state index contributed by atoms with van der Waals surface area (Å²) in [6, 6.07) is 0. The van der Waals surface area contributed by atoms with Crippen molar-refractivity contribution in [3.05, 3.63) is 74.3 Å². The van der Waals surface area contributed by atoms with Crippen LogP contribution in [0.2, 0.25) is 0 Å². The summed E-state index contributed by atoms with van der Waals surface area (Å²) in [5, 5.41) is 0. The summed E-state index contributed by atoms with van der Waals surface area (Å²) in [5.74, 6) is 2.82. The van der Waals surface area contributed by atoms with Crippen LogP contribution >= 0.6 is 0 Å². The predicted molar refractivity (Wildman–Crippen MR) is 57.1 cm³/mol. The molecule has 2 saturated carbocycles.